The lowest BCUT2D eigenvalue weighted by Gasteiger charge is -2.37. The van der Waals surface area contributed by atoms with Crippen molar-refractivity contribution in [2.24, 2.45) is 11.8 Å². The summed E-state index contributed by atoms with van der Waals surface area (Å²) in [5.74, 6) is 1.69. The second-order valence-electron chi connectivity index (χ2n) is 11.8. The van der Waals surface area contributed by atoms with E-state index >= 15 is 0 Å². The maximum atomic E-state index is 13.2. The fourth-order valence-corrected chi connectivity index (χ4v) is 7.13. The molecule has 1 saturated heterocycles. The van der Waals surface area contributed by atoms with Crippen LogP contribution in [-0.2, 0) is 19.1 Å². The highest BCUT2D eigenvalue weighted by molar-refractivity contribution is 7.99. The van der Waals surface area contributed by atoms with Crippen molar-refractivity contribution >= 4 is 64.5 Å². The molecule has 13 heteroatoms. The Morgan fingerprint density at radius 2 is 1.35 bits per heavy atom. The number of ether oxygens (including phenoxy) is 2. The van der Waals surface area contributed by atoms with E-state index in [1.807, 2.05) is 11.0 Å². The minimum atomic E-state index is -0.684. The summed E-state index contributed by atoms with van der Waals surface area (Å²) < 4.78 is 23.9. The summed E-state index contributed by atoms with van der Waals surface area (Å²) >= 11 is 15.1. The molecule has 270 valence electrons. The van der Waals surface area contributed by atoms with Gasteiger partial charge in [0.2, 0.25) is 5.95 Å². The number of aliphatic hydroxyl groups excluding tert-OH is 1. The van der Waals surface area contributed by atoms with Crippen LogP contribution >= 0.6 is 46.7 Å². The molecule has 3 heterocycles. The second kappa shape index (κ2) is 24.4. The molecule has 0 aliphatic carbocycles. The number of carbonyl (C=O) groups is 2. The van der Waals surface area contributed by atoms with Crippen LogP contribution < -0.4 is 4.90 Å². The van der Waals surface area contributed by atoms with Crippen molar-refractivity contribution in [2.75, 3.05) is 42.7 Å². The predicted molar refractivity (Wildman–Crippen MR) is 196 cm³/mol. The largest absolute Gasteiger partial charge is 0.465 e. The number of halogens is 3. The molecule has 2 aromatic heterocycles. The molecule has 1 aliphatic rings. The zero-order chi connectivity index (χ0) is 35.3. The standard InChI is InChI=1S/C19H29ClN2O3S.C16H23ClFNO2S/c1-3-5-6-14(4-2)13-25-17(24)8-10-26-16-7-9-21-19(18(16)20)22-11-15(23)12-22;1-3-5-6-12(4-2)11-21-14(20)8-10-22-13-7-9-19-16(18)15(13)17/h7,9,14-15,23H,3-6,8,10-13H2,1-2H3;7,9,12H,3-6,8,10-11H2,1-2H3. The van der Waals surface area contributed by atoms with Crippen LogP contribution in [0.4, 0.5) is 10.2 Å². The molecular formula is C35H52Cl2FN3O5S2. The highest BCUT2D eigenvalue weighted by atomic mass is 35.5. The molecule has 48 heavy (non-hydrogen) atoms. The van der Waals surface area contributed by atoms with Crippen molar-refractivity contribution in [1.82, 2.24) is 9.97 Å². The van der Waals surface area contributed by atoms with Crippen molar-refractivity contribution in [3.63, 3.8) is 0 Å². The molecule has 3 rings (SSSR count). The summed E-state index contributed by atoms with van der Waals surface area (Å²) in [7, 11) is 0. The molecular weight excluding hydrogens is 696 g/mol. The molecule has 0 radical (unpaired) electrons. The lowest BCUT2D eigenvalue weighted by molar-refractivity contribution is -0.145. The Morgan fingerprint density at radius 1 is 0.875 bits per heavy atom. The number of rotatable bonds is 21. The third-order valence-electron chi connectivity index (χ3n) is 7.98. The molecule has 0 amide bonds. The monoisotopic (exact) mass is 747 g/mol. The Bertz CT molecular complexity index is 1240. The van der Waals surface area contributed by atoms with Gasteiger partial charge in [-0.05, 0) is 36.8 Å². The number of hydrogen-bond acceptors (Lipinski definition) is 10. The summed E-state index contributed by atoms with van der Waals surface area (Å²) in [4.78, 5) is 34.9. The second-order valence-corrected chi connectivity index (χ2v) is 14.8. The van der Waals surface area contributed by atoms with Crippen molar-refractivity contribution in [3.05, 3.63) is 40.5 Å². The Balaban J connectivity index is 0.000000339. The van der Waals surface area contributed by atoms with Crippen LogP contribution in [0, 0.1) is 17.8 Å². The number of thioether (sulfide) groups is 2. The van der Waals surface area contributed by atoms with Crippen molar-refractivity contribution in [1.29, 1.82) is 0 Å². The summed E-state index contributed by atoms with van der Waals surface area (Å²) in [6.07, 6.45) is 12.4. The van der Waals surface area contributed by atoms with Gasteiger partial charge in [0, 0.05) is 46.8 Å². The average molecular weight is 749 g/mol. The van der Waals surface area contributed by atoms with Gasteiger partial charge >= 0.3 is 11.9 Å². The highest BCUT2D eigenvalue weighted by Gasteiger charge is 2.28. The van der Waals surface area contributed by atoms with Crippen LogP contribution in [0.15, 0.2) is 34.3 Å². The van der Waals surface area contributed by atoms with Crippen LogP contribution in [-0.4, -0.2) is 70.9 Å². The summed E-state index contributed by atoms with van der Waals surface area (Å²) in [6.45, 7) is 10.7. The quantitative estimate of drug-likeness (QED) is 0.0755. The maximum Gasteiger partial charge on any atom is 0.306 e. The Kier molecular flexibility index (Phi) is 21.5. The Hall–Kier alpha value is -1.79. The minimum absolute atomic E-state index is 0.00600. The zero-order valence-corrected chi connectivity index (χ0v) is 31.9. The smallest absolute Gasteiger partial charge is 0.306 e. The van der Waals surface area contributed by atoms with E-state index in [1.54, 1.807) is 12.3 Å². The first kappa shape index (κ1) is 42.4. The highest BCUT2D eigenvalue weighted by Crippen LogP contribution is 2.35. The van der Waals surface area contributed by atoms with E-state index in [1.165, 1.54) is 42.6 Å². The van der Waals surface area contributed by atoms with Gasteiger partial charge in [-0.2, -0.15) is 4.39 Å². The van der Waals surface area contributed by atoms with Gasteiger partial charge in [0.1, 0.15) is 10.8 Å². The first-order chi connectivity index (χ1) is 23.1. The van der Waals surface area contributed by atoms with E-state index in [0.29, 0.717) is 71.8 Å². The predicted octanol–water partition coefficient (Wildman–Crippen LogP) is 9.27. The number of hydrogen-bond donors (Lipinski definition) is 1. The van der Waals surface area contributed by atoms with Gasteiger partial charge in [-0.1, -0.05) is 89.4 Å². The van der Waals surface area contributed by atoms with Crippen molar-refractivity contribution in [3.8, 4) is 0 Å². The average Bonchev–Trinajstić information content (AvgIpc) is 3.06. The summed E-state index contributed by atoms with van der Waals surface area (Å²) in [6, 6.07) is 3.50. The van der Waals surface area contributed by atoms with Gasteiger partial charge in [0.25, 0.3) is 0 Å². The zero-order valence-electron chi connectivity index (χ0n) is 28.7. The molecule has 1 fully saturated rings. The fraction of sp³-hybridized carbons (Fsp3) is 0.657. The minimum Gasteiger partial charge on any atom is -0.465 e. The number of anilines is 1. The molecule has 2 aromatic rings. The third kappa shape index (κ3) is 15.8. The fourth-order valence-electron chi connectivity index (χ4n) is 4.74. The number of carbonyl (C=O) groups excluding carboxylic acids is 2. The van der Waals surface area contributed by atoms with Gasteiger partial charge in [0.05, 0.1) is 37.2 Å². The van der Waals surface area contributed by atoms with E-state index in [4.69, 9.17) is 32.7 Å². The molecule has 2 atom stereocenters. The Labute approximate surface area is 304 Å². The topological polar surface area (TPSA) is 102 Å². The number of pyridine rings is 2. The third-order valence-corrected chi connectivity index (χ3v) is 11.1. The number of nitrogens with zero attached hydrogens (tertiary/aromatic N) is 3. The molecule has 1 N–H and O–H groups in total. The van der Waals surface area contributed by atoms with E-state index in [-0.39, 0.29) is 29.5 Å². The molecule has 8 nitrogen and oxygen atoms in total. The number of esters is 2. The van der Waals surface area contributed by atoms with Gasteiger partial charge in [0.15, 0.2) is 0 Å². The number of β-amino-alcohol motifs (C(OH)–C–C–N with tert-alkyl or cyclic N) is 1. The molecule has 0 spiro atoms. The number of unbranched alkanes of at least 4 members (excludes halogenated alkanes) is 2. The van der Waals surface area contributed by atoms with E-state index in [0.717, 1.165) is 43.4 Å². The van der Waals surface area contributed by atoms with Crippen LogP contribution in [0.1, 0.15) is 91.9 Å². The van der Waals surface area contributed by atoms with E-state index in [9.17, 15) is 19.1 Å². The van der Waals surface area contributed by atoms with Crippen LogP contribution in [0.2, 0.25) is 10.0 Å². The lowest BCUT2D eigenvalue weighted by Crippen LogP contribution is -2.51. The first-order valence-electron chi connectivity index (χ1n) is 17.1. The van der Waals surface area contributed by atoms with Gasteiger partial charge in [-0.15, -0.1) is 23.5 Å². The molecule has 0 saturated carbocycles. The van der Waals surface area contributed by atoms with Crippen molar-refractivity contribution in [2.45, 2.75) is 108 Å². The van der Waals surface area contributed by atoms with Crippen LogP contribution in [0.3, 0.4) is 0 Å². The van der Waals surface area contributed by atoms with Crippen LogP contribution in [0.5, 0.6) is 0 Å². The van der Waals surface area contributed by atoms with Gasteiger partial charge < -0.3 is 19.5 Å². The van der Waals surface area contributed by atoms with E-state index in [2.05, 4.69) is 37.7 Å². The Morgan fingerprint density at radius 3 is 1.81 bits per heavy atom. The van der Waals surface area contributed by atoms with E-state index < -0.39 is 5.95 Å². The summed E-state index contributed by atoms with van der Waals surface area (Å²) in [5.41, 5.74) is 0. The SMILES string of the molecule is CCCCC(CC)COC(=O)CCSc1ccnc(F)c1Cl.CCCCC(CC)COC(=O)CCSc1ccnc(N2CC(O)C2)c1Cl. The molecule has 0 bridgehead atoms. The maximum absolute atomic E-state index is 13.2. The van der Waals surface area contributed by atoms with Crippen LogP contribution in [0.25, 0.3) is 0 Å². The lowest BCUT2D eigenvalue weighted by atomic mass is 10.0. The molecule has 0 aromatic carbocycles. The van der Waals surface area contributed by atoms with Crippen molar-refractivity contribution < 1.29 is 28.6 Å². The normalized spacial score (nSPS) is 14.0. The van der Waals surface area contributed by atoms with Gasteiger partial charge in [-0.3, -0.25) is 9.59 Å². The first-order valence-corrected chi connectivity index (χ1v) is 19.8. The van der Waals surface area contributed by atoms with Gasteiger partial charge in [-0.25, -0.2) is 9.97 Å². The molecule has 2 unspecified atom stereocenters. The number of aromatic nitrogens is 2. The molecule has 1 aliphatic heterocycles. The number of aliphatic hydroxyl groups is 1. The summed E-state index contributed by atoms with van der Waals surface area (Å²) in [5, 5.41) is 10.0.